The molecular weight excluding hydrogens is 681 g/mol. The Morgan fingerprint density at radius 3 is 2.44 bits per heavy atom. The maximum absolute atomic E-state index is 12.7. The van der Waals surface area contributed by atoms with Crippen molar-refractivity contribution in [2.45, 2.75) is 123 Å². The molecule has 4 aliphatic carbocycles. The lowest BCUT2D eigenvalue weighted by Gasteiger charge is -2.64. The first kappa shape index (κ1) is 38.7. The number of aryl methyl sites for hydroxylation is 2. The zero-order valence-electron chi connectivity index (χ0n) is 32.7. The molecule has 4 fully saturated rings. The first-order valence-electron chi connectivity index (χ1n) is 20.3. The number of carbonyl (C=O) groups excluding carboxylic acids is 1. The summed E-state index contributed by atoms with van der Waals surface area (Å²) in [7, 11) is 1.38. The van der Waals surface area contributed by atoms with Gasteiger partial charge in [-0.05, 0) is 135 Å². The van der Waals surface area contributed by atoms with E-state index >= 15 is 0 Å². The summed E-state index contributed by atoms with van der Waals surface area (Å²) in [6, 6.07) is 16.2. The Kier molecular flexibility index (Phi) is 10.7. The normalized spacial score (nSPS) is 35.1. The molecular formula is C45H60N2O7. The van der Waals surface area contributed by atoms with Gasteiger partial charge in [-0.15, -0.1) is 0 Å². The first-order valence-corrected chi connectivity index (χ1v) is 20.3. The molecule has 11 atom stereocenters. The highest BCUT2D eigenvalue weighted by molar-refractivity contribution is 6.06. The lowest BCUT2D eigenvalue weighted by atomic mass is 9.42. The molecule has 5 N–H and O–H groups in total. The van der Waals surface area contributed by atoms with Crippen molar-refractivity contribution in [1.29, 1.82) is 0 Å². The number of benzene rings is 2. The molecule has 4 aliphatic rings. The van der Waals surface area contributed by atoms with E-state index in [1.807, 2.05) is 31.2 Å². The molecule has 0 saturated heterocycles. The fourth-order valence-electron chi connectivity index (χ4n) is 12.3. The summed E-state index contributed by atoms with van der Waals surface area (Å²) in [4.78, 5) is 28.7. The maximum Gasteiger partial charge on any atom is 0.341 e. The number of pyridine rings is 1. The van der Waals surface area contributed by atoms with E-state index in [-0.39, 0.29) is 52.8 Å². The third-order valence-electron chi connectivity index (χ3n) is 15.4. The van der Waals surface area contributed by atoms with Crippen LogP contribution in [0.5, 0.6) is 0 Å². The van der Waals surface area contributed by atoms with Crippen LogP contribution < -0.4 is 5.32 Å². The van der Waals surface area contributed by atoms with Crippen molar-refractivity contribution < 1.29 is 34.8 Å². The summed E-state index contributed by atoms with van der Waals surface area (Å²) >= 11 is 0. The number of para-hydroxylation sites is 1. The Morgan fingerprint density at radius 1 is 1.00 bits per heavy atom. The predicted molar refractivity (Wildman–Crippen MR) is 209 cm³/mol. The number of nitrogens with zero attached hydrogens (tertiary/aromatic N) is 1. The van der Waals surface area contributed by atoms with Crippen LogP contribution in [0.4, 0.5) is 5.69 Å². The molecule has 292 valence electrons. The molecule has 1 aromatic heterocycles. The Balaban J connectivity index is 0.989. The van der Waals surface area contributed by atoms with Crippen molar-refractivity contribution in [1.82, 2.24) is 4.98 Å². The fourth-order valence-corrected chi connectivity index (χ4v) is 12.3. The fraction of sp³-hybridized carbons (Fsp3) is 0.622. The number of rotatable bonds is 11. The molecule has 9 heteroatoms. The lowest BCUT2D eigenvalue weighted by Crippen LogP contribution is -2.63. The summed E-state index contributed by atoms with van der Waals surface area (Å²) in [6.07, 6.45) is 6.83. The van der Waals surface area contributed by atoms with E-state index in [0.29, 0.717) is 55.6 Å². The van der Waals surface area contributed by atoms with Gasteiger partial charge in [-0.2, -0.15) is 0 Å². The third kappa shape index (κ3) is 6.83. The molecule has 3 aromatic rings. The first-order chi connectivity index (χ1) is 25.7. The zero-order valence-corrected chi connectivity index (χ0v) is 32.7. The standard InChI is InChI=1S/C45H60N2O7/c1-26(10-17-38(50)51)32-15-16-33-40-34(23-37(49)44(32,33)4)43(3)20-21-45(53,24-30(43)22-36(40)48)19-18-28-11-13-29(14-12-28)25-46-41-31-8-6-7-9-35(31)47-27(2)39(41)42(52)54-5/h6-9,11-14,26,30,32-34,36-37,40,48-49,53H,10,15-25H2,1-5H3,(H,46,47)(H,50,51)/t26-,30?,32-,33?,34?,36-,37+,40?,43+,44-,45-/m1/s1. The van der Waals surface area contributed by atoms with Crippen LogP contribution in [0.2, 0.25) is 0 Å². The van der Waals surface area contributed by atoms with Crippen molar-refractivity contribution in [3.63, 3.8) is 0 Å². The number of aliphatic hydroxyl groups is 3. The Bertz CT molecular complexity index is 1860. The zero-order chi connectivity index (χ0) is 38.6. The SMILES string of the molecule is COC(=O)c1c(C)nc2ccccc2c1NCc1ccc(CC[C@@]2(O)CC[C@@]3(C)C(C[C@@H](O)C4C3C[C@H](O)[C@@]3(C)C4CC[C@@H]3[C@H](C)CCC(=O)O)C2)cc1. The molecule has 1 heterocycles. The Labute approximate surface area is 319 Å². The van der Waals surface area contributed by atoms with E-state index in [4.69, 9.17) is 4.74 Å². The quantitative estimate of drug-likeness (QED) is 0.125. The number of hydrogen-bond donors (Lipinski definition) is 5. The maximum atomic E-state index is 12.7. The van der Waals surface area contributed by atoms with Crippen LogP contribution in [0, 0.1) is 53.3 Å². The number of hydrogen-bond acceptors (Lipinski definition) is 8. The van der Waals surface area contributed by atoms with Gasteiger partial charge in [0.1, 0.15) is 5.56 Å². The van der Waals surface area contributed by atoms with Crippen molar-refractivity contribution >= 4 is 28.5 Å². The number of methoxy groups -OCH3 is 1. The monoisotopic (exact) mass is 740 g/mol. The van der Waals surface area contributed by atoms with Gasteiger partial charge in [-0.3, -0.25) is 9.78 Å². The van der Waals surface area contributed by atoms with Gasteiger partial charge in [0.15, 0.2) is 0 Å². The number of esters is 1. The van der Waals surface area contributed by atoms with Gasteiger partial charge in [0.2, 0.25) is 0 Å². The molecule has 7 rings (SSSR count). The number of carbonyl (C=O) groups is 2. The van der Waals surface area contributed by atoms with Crippen molar-refractivity contribution in [2.75, 3.05) is 12.4 Å². The van der Waals surface area contributed by atoms with Gasteiger partial charge in [0.25, 0.3) is 0 Å². The van der Waals surface area contributed by atoms with E-state index in [0.717, 1.165) is 54.1 Å². The van der Waals surface area contributed by atoms with Crippen LogP contribution in [0.3, 0.4) is 0 Å². The van der Waals surface area contributed by atoms with E-state index in [1.165, 1.54) is 7.11 Å². The Hall–Kier alpha value is -3.53. The van der Waals surface area contributed by atoms with Gasteiger partial charge in [-0.25, -0.2) is 4.79 Å². The number of aliphatic carboxylic acids is 1. The van der Waals surface area contributed by atoms with Crippen LogP contribution in [-0.2, 0) is 22.5 Å². The summed E-state index contributed by atoms with van der Waals surface area (Å²) < 4.78 is 5.09. The number of carboxylic acids is 1. The molecule has 0 aliphatic heterocycles. The second-order valence-corrected chi connectivity index (χ2v) is 18.1. The number of nitrogens with one attached hydrogen (secondary N) is 1. The highest BCUT2D eigenvalue weighted by atomic mass is 16.5. The van der Waals surface area contributed by atoms with Crippen molar-refractivity contribution in [2.24, 2.45) is 46.3 Å². The molecule has 0 amide bonds. The number of anilines is 1. The second kappa shape index (κ2) is 14.8. The van der Waals surface area contributed by atoms with Gasteiger partial charge < -0.3 is 30.5 Å². The number of fused-ring (bicyclic) bond motifs is 6. The average Bonchev–Trinajstić information content (AvgIpc) is 3.51. The topological polar surface area (TPSA) is 149 Å². The van der Waals surface area contributed by atoms with Gasteiger partial charge in [-0.1, -0.05) is 63.2 Å². The summed E-state index contributed by atoms with van der Waals surface area (Å²) in [6.45, 7) is 9.09. The van der Waals surface area contributed by atoms with E-state index in [9.17, 15) is 30.0 Å². The van der Waals surface area contributed by atoms with Crippen LogP contribution in [0.25, 0.3) is 10.9 Å². The molecule has 0 spiro atoms. The van der Waals surface area contributed by atoms with Crippen molar-refractivity contribution in [3.05, 3.63) is 70.9 Å². The molecule has 9 nitrogen and oxygen atoms in total. The minimum atomic E-state index is -0.804. The van der Waals surface area contributed by atoms with Crippen LogP contribution >= 0.6 is 0 Å². The van der Waals surface area contributed by atoms with Crippen LogP contribution in [0.1, 0.15) is 112 Å². The number of ether oxygens (including phenoxy) is 1. The minimum Gasteiger partial charge on any atom is -0.481 e. The number of carboxylic acid groups (broad SMARTS) is 1. The summed E-state index contributed by atoms with van der Waals surface area (Å²) in [5.74, 6) is 0.0136. The molecule has 2 aromatic carbocycles. The second-order valence-electron chi connectivity index (χ2n) is 18.1. The summed E-state index contributed by atoms with van der Waals surface area (Å²) in [5.41, 5.74) is 3.64. The number of aromatic nitrogens is 1. The third-order valence-corrected chi connectivity index (χ3v) is 15.4. The highest BCUT2D eigenvalue weighted by Crippen LogP contribution is 2.69. The van der Waals surface area contributed by atoms with Crippen LogP contribution in [-0.4, -0.2) is 62.3 Å². The average molecular weight is 741 g/mol. The van der Waals surface area contributed by atoms with Crippen LogP contribution in [0.15, 0.2) is 48.5 Å². The molecule has 0 radical (unpaired) electrons. The lowest BCUT2D eigenvalue weighted by molar-refractivity contribution is -0.216. The molecule has 4 saturated carbocycles. The minimum absolute atomic E-state index is 0.0491. The van der Waals surface area contributed by atoms with E-state index in [1.54, 1.807) is 0 Å². The smallest absolute Gasteiger partial charge is 0.341 e. The van der Waals surface area contributed by atoms with Gasteiger partial charge in [0.05, 0.1) is 41.8 Å². The molecule has 4 unspecified atom stereocenters. The largest absolute Gasteiger partial charge is 0.481 e. The van der Waals surface area contributed by atoms with E-state index < -0.39 is 29.7 Å². The van der Waals surface area contributed by atoms with Gasteiger partial charge >= 0.3 is 11.9 Å². The predicted octanol–water partition coefficient (Wildman–Crippen LogP) is 7.71. The molecule has 54 heavy (non-hydrogen) atoms. The molecule has 0 bridgehead atoms. The number of aliphatic hydroxyl groups excluding tert-OH is 2. The van der Waals surface area contributed by atoms with Gasteiger partial charge in [0, 0.05) is 18.4 Å². The van der Waals surface area contributed by atoms with E-state index in [2.05, 4.69) is 55.3 Å². The van der Waals surface area contributed by atoms with Crippen molar-refractivity contribution in [3.8, 4) is 0 Å². The Morgan fingerprint density at radius 2 is 1.72 bits per heavy atom. The highest BCUT2D eigenvalue weighted by Gasteiger charge is 2.66. The summed E-state index contributed by atoms with van der Waals surface area (Å²) in [5, 5.41) is 49.5.